The highest BCUT2D eigenvalue weighted by atomic mass is 32.2. The number of thioether (sulfide) groups is 1. The van der Waals surface area contributed by atoms with Gasteiger partial charge in [-0.2, -0.15) is 4.31 Å². The molecule has 1 amide bonds. The zero-order valence-corrected chi connectivity index (χ0v) is 17.2. The zero-order chi connectivity index (χ0) is 20.3. The van der Waals surface area contributed by atoms with E-state index >= 15 is 0 Å². The van der Waals surface area contributed by atoms with Gasteiger partial charge in [-0.3, -0.25) is 9.36 Å². The van der Waals surface area contributed by atoms with E-state index in [1.165, 1.54) is 22.1 Å². The molecular weight excluding hydrogens is 404 g/mol. The van der Waals surface area contributed by atoms with Crippen LogP contribution in [-0.2, 0) is 26.6 Å². The van der Waals surface area contributed by atoms with Gasteiger partial charge >= 0.3 is 0 Å². The predicted octanol–water partition coefficient (Wildman–Crippen LogP) is 0.457. The second-order valence-corrected chi connectivity index (χ2v) is 9.08. The number of nitrogens with one attached hydrogen (secondary N) is 1. The maximum absolute atomic E-state index is 12.9. The van der Waals surface area contributed by atoms with Crippen LogP contribution in [0.2, 0.25) is 0 Å². The van der Waals surface area contributed by atoms with Gasteiger partial charge in [-0.25, -0.2) is 8.42 Å². The van der Waals surface area contributed by atoms with Gasteiger partial charge in [0.05, 0.1) is 23.9 Å². The van der Waals surface area contributed by atoms with Crippen molar-refractivity contribution in [1.29, 1.82) is 0 Å². The van der Waals surface area contributed by atoms with E-state index < -0.39 is 10.0 Å². The van der Waals surface area contributed by atoms with Gasteiger partial charge < -0.3 is 15.8 Å². The van der Waals surface area contributed by atoms with E-state index in [1.54, 1.807) is 30.7 Å². The summed E-state index contributed by atoms with van der Waals surface area (Å²) in [6.07, 6.45) is 0. The van der Waals surface area contributed by atoms with E-state index in [-0.39, 0.29) is 22.5 Å². The van der Waals surface area contributed by atoms with Gasteiger partial charge in [-0.05, 0) is 24.6 Å². The van der Waals surface area contributed by atoms with Crippen molar-refractivity contribution < 1.29 is 17.9 Å². The molecule has 0 aliphatic carbocycles. The first-order valence-electron chi connectivity index (χ1n) is 8.55. The van der Waals surface area contributed by atoms with Gasteiger partial charge in [0.25, 0.3) is 0 Å². The third-order valence-corrected chi connectivity index (χ3v) is 7.32. The van der Waals surface area contributed by atoms with Gasteiger partial charge in [-0.1, -0.05) is 17.8 Å². The molecule has 1 aliphatic heterocycles. The first-order valence-corrected chi connectivity index (χ1v) is 11.0. The highest BCUT2D eigenvalue weighted by Crippen LogP contribution is 2.25. The molecule has 2 aromatic rings. The van der Waals surface area contributed by atoms with Crippen LogP contribution in [0.15, 0.2) is 28.3 Å². The van der Waals surface area contributed by atoms with Crippen molar-refractivity contribution in [1.82, 2.24) is 19.1 Å². The Balaban J connectivity index is 1.70. The maximum atomic E-state index is 12.9. The average Bonchev–Trinajstić information content (AvgIpc) is 3.00. The fraction of sp³-hybridized carbons (Fsp3) is 0.438. The molecule has 1 saturated heterocycles. The molecule has 0 unspecified atom stereocenters. The molecule has 3 rings (SSSR count). The molecule has 1 aromatic carbocycles. The average molecular weight is 427 g/mol. The topological polar surface area (TPSA) is 132 Å². The number of morpholine rings is 1. The standard InChI is InChI=1S/C16H22N6O4S2/c1-11-3-4-12(9-13(11)28(24,25)22-5-7-26-8-6-22)18-14(23)10-27-16-20-19-15(17)21(16)2/h3-4,9H,5-8,10H2,1-2H3,(H2,17,19)(H,18,23). The van der Waals surface area contributed by atoms with Crippen LogP contribution in [-0.4, -0.2) is 65.5 Å². The number of rotatable bonds is 6. The number of anilines is 2. The highest BCUT2D eigenvalue weighted by Gasteiger charge is 2.28. The third kappa shape index (κ3) is 4.46. The third-order valence-electron chi connectivity index (χ3n) is 4.26. The number of hydrogen-bond donors (Lipinski definition) is 2. The predicted molar refractivity (Wildman–Crippen MR) is 106 cm³/mol. The number of nitrogens with two attached hydrogens (primary N) is 1. The number of aromatic nitrogens is 3. The van der Waals surface area contributed by atoms with Gasteiger partial charge in [0.1, 0.15) is 0 Å². The molecule has 0 saturated carbocycles. The molecular formula is C16H22N6O4S2. The number of sulfonamides is 1. The number of amides is 1. The van der Waals surface area contributed by atoms with Crippen molar-refractivity contribution in [2.45, 2.75) is 17.0 Å². The monoisotopic (exact) mass is 426 g/mol. The molecule has 1 aromatic heterocycles. The molecule has 2 heterocycles. The number of nitrogen functional groups attached to an aromatic ring is 1. The first-order chi connectivity index (χ1) is 13.3. The van der Waals surface area contributed by atoms with Crippen LogP contribution in [0.1, 0.15) is 5.56 Å². The Morgan fingerprint density at radius 1 is 1.32 bits per heavy atom. The van der Waals surface area contributed by atoms with E-state index in [4.69, 9.17) is 10.5 Å². The Labute approximate surface area is 167 Å². The molecule has 0 radical (unpaired) electrons. The second kappa shape index (κ2) is 8.47. The number of nitrogens with zero attached hydrogens (tertiary/aromatic N) is 4. The van der Waals surface area contributed by atoms with Gasteiger partial charge in [0.2, 0.25) is 21.9 Å². The van der Waals surface area contributed by atoms with Crippen LogP contribution in [0.25, 0.3) is 0 Å². The van der Waals surface area contributed by atoms with Crippen LogP contribution >= 0.6 is 11.8 Å². The molecule has 1 fully saturated rings. The highest BCUT2D eigenvalue weighted by molar-refractivity contribution is 7.99. The van der Waals surface area contributed by atoms with Crippen LogP contribution in [0, 0.1) is 6.92 Å². The Morgan fingerprint density at radius 2 is 2.04 bits per heavy atom. The summed E-state index contributed by atoms with van der Waals surface area (Å²) >= 11 is 1.19. The molecule has 152 valence electrons. The lowest BCUT2D eigenvalue weighted by Gasteiger charge is -2.26. The molecule has 0 spiro atoms. The van der Waals surface area contributed by atoms with Gasteiger partial charge in [0.15, 0.2) is 5.16 Å². The van der Waals surface area contributed by atoms with Crippen LogP contribution in [0.4, 0.5) is 11.6 Å². The first kappa shape index (κ1) is 20.6. The quantitative estimate of drug-likeness (QED) is 0.637. The van der Waals surface area contributed by atoms with Crippen molar-refractivity contribution in [2.75, 3.05) is 43.1 Å². The number of benzene rings is 1. The van der Waals surface area contributed by atoms with Crippen LogP contribution in [0.3, 0.4) is 0 Å². The summed E-state index contributed by atoms with van der Waals surface area (Å²) in [7, 11) is -1.94. The summed E-state index contributed by atoms with van der Waals surface area (Å²) in [6, 6.07) is 4.85. The Morgan fingerprint density at radius 3 is 2.68 bits per heavy atom. The molecule has 12 heteroatoms. The summed E-state index contributed by atoms with van der Waals surface area (Å²) in [6.45, 7) is 3.11. The Kier molecular flexibility index (Phi) is 6.23. The number of ether oxygens (including phenoxy) is 1. The molecule has 0 atom stereocenters. The van der Waals surface area contributed by atoms with E-state index in [2.05, 4.69) is 15.5 Å². The minimum absolute atomic E-state index is 0.0887. The molecule has 1 aliphatic rings. The fourth-order valence-electron chi connectivity index (χ4n) is 2.66. The van der Waals surface area contributed by atoms with Crippen molar-refractivity contribution in [2.24, 2.45) is 7.05 Å². The largest absolute Gasteiger partial charge is 0.379 e. The number of hydrogen-bond acceptors (Lipinski definition) is 8. The lowest BCUT2D eigenvalue weighted by atomic mass is 10.2. The van der Waals surface area contributed by atoms with Crippen molar-refractivity contribution in [3.8, 4) is 0 Å². The summed E-state index contributed by atoms with van der Waals surface area (Å²) in [5, 5.41) is 10.9. The molecule has 0 bridgehead atoms. The second-order valence-electron chi connectivity index (χ2n) is 6.23. The van der Waals surface area contributed by atoms with Gasteiger partial charge in [-0.15, -0.1) is 10.2 Å². The van der Waals surface area contributed by atoms with Crippen LogP contribution < -0.4 is 11.1 Å². The Hall–Kier alpha value is -2.15. The molecule has 28 heavy (non-hydrogen) atoms. The van der Waals surface area contributed by atoms with Crippen molar-refractivity contribution >= 4 is 39.3 Å². The fourth-order valence-corrected chi connectivity index (χ4v) is 5.04. The Bertz CT molecular complexity index is 970. The van der Waals surface area contributed by atoms with Crippen LogP contribution in [0.5, 0.6) is 0 Å². The number of carbonyl (C=O) groups is 1. The minimum atomic E-state index is -3.65. The number of aryl methyl sites for hydroxylation is 1. The summed E-state index contributed by atoms with van der Waals surface area (Å²) in [5.41, 5.74) is 6.65. The van der Waals surface area contributed by atoms with Gasteiger partial charge in [0, 0.05) is 25.8 Å². The lowest BCUT2D eigenvalue weighted by molar-refractivity contribution is -0.113. The van der Waals surface area contributed by atoms with Crippen molar-refractivity contribution in [3.05, 3.63) is 23.8 Å². The van der Waals surface area contributed by atoms with E-state index in [1.807, 2.05) is 0 Å². The minimum Gasteiger partial charge on any atom is -0.379 e. The lowest BCUT2D eigenvalue weighted by Crippen LogP contribution is -2.40. The summed E-state index contributed by atoms with van der Waals surface area (Å²) in [4.78, 5) is 12.4. The molecule has 10 nitrogen and oxygen atoms in total. The summed E-state index contributed by atoms with van der Waals surface area (Å²) < 4.78 is 34.0. The van der Waals surface area contributed by atoms with E-state index in [0.717, 1.165) is 0 Å². The molecule has 3 N–H and O–H groups in total. The maximum Gasteiger partial charge on any atom is 0.243 e. The summed E-state index contributed by atoms with van der Waals surface area (Å²) in [5.74, 6) is 0.0651. The van der Waals surface area contributed by atoms with E-state index in [9.17, 15) is 13.2 Å². The van der Waals surface area contributed by atoms with Crippen molar-refractivity contribution in [3.63, 3.8) is 0 Å². The number of carbonyl (C=O) groups excluding carboxylic acids is 1. The smallest absolute Gasteiger partial charge is 0.243 e. The zero-order valence-electron chi connectivity index (χ0n) is 15.6. The normalized spacial score (nSPS) is 15.5. The SMILES string of the molecule is Cc1ccc(NC(=O)CSc2nnc(N)n2C)cc1S(=O)(=O)N1CCOCC1. The van der Waals surface area contributed by atoms with E-state index in [0.29, 0.717) is 42.7 Å².